The Bertz CT molecular complexity index is 984. The maximum Gasteiger partial charge on any atom is 0.340 e. The fraction of sp³-hybridized carbons (Fsp3) is 0.304. The van der Waals surface area contributed by atoms with Crippen molar-refractivity contribution in [3.63, 3.8) is 0 Å². The topological polar surface area (TPSA) is 55.8 Å². The molecule has 4 nitrogen and oxygen atoms in total. The lowest BCUT2D eigenvalue weighted by atomic mass is 9.95. The summed E-state index contributed by atoms with van der Waals surface area (Å²) in [7, 11) is 1.39. The Morgan fingerprint density at radius 2 is 1.82 bits per heavy atom. The van der Waals surface area contributed by atoms with Crippen molar-refractivity contribution in [1.82, 2.24) is 4.98 Å². The number of aryl methyl sites for hydroxylation is 1. The van der Waals surface area contributed by atoms with Gasteiger partial charge in [0.1, 0.15) is 24.1 Å². The second-order valence-electron chi connectivity index (χ2n) is 7.33. The Kier molecular flexibility index (Phi) is 6.05. The molecule has 0 unspecified atom stereocenters. The van der Waals surface area contributed by atoms with Gasteiger partial charge >= 0.3 is 5.97 Å². The number of fused-ring (bicyclic) bond motifs is 1. The van der Waals surface area contributed by atoms with Crippen LogP contribution in [0, 0.1) is 18.7 Å². The molecule has 0 radical (unpaired) electrons. The Labute approximate surface area is 164 Å². The summed E-state index contributed by atoms with van der Waals surface area (Å²) in [5.74, 6) is -0.290. The highest BCUT2D eigenvalue weighted by molar-refractivity contribution is 5.98. The number of carbonyl (C=O) groups excluding carboxylic acids is 1. The number of carbonyl (C=O) groups is 1. The number of para-hydroxylation sites is 1. The molecule has 0 bridgehead atoms. The normalized spacial score (nSPS) is 12.4. The fourth-order valence-electron chi connectivity index (χ4n) is 3.68. The summed E-state index contributed by atoms with van der Waals surface area (Å²) in [5.41, 5.74) is 4.02. The molecular weight excluding hydrogens is 355 g/mol. The molecule has 1 heterocycles. The standard InChI is InChI=1S/C23H25FN2O2/c1-14(2)22(16-9-11-17(24)12-10-16)25-13-20-21(23(27)28-4)15(3)18-7-5-6-8-19(18)26-20/h5-12,14,22,25H,13H2,1-4H3/p+1/t22-/m1/s1. The zero-order chi connectivity index (χ0) is 20.3. The lowest BCUT2D eigenvalue weighted by molar-refractivity contribution is -0.717. The number of aromatic nitrogens is 1. The van der Waals surface area contributed by atoms with Crippen molar-refractivity contribution >= 4 is 16.9 Å². The monoisotopic (exact) mass is 381 g/mol. The van der Waals surface area contributed by atoms with Crippen LogP contribution in [0.2, 0.25) is 0 Å². The van der Waals surface area contributed by atoms with E-state index in [0.29, 0.717) is 23.7 Å². The van der Waals surface area contributed by atoms with Gasteiger partial charge in [0, 0.05) is 16.9 Å². The van der Waals surface area contributed by atoms with Gasteiger partial charge < -0.3 is 10.1 Å². The fourth-order valence-corrected chi connectivity index (χ4v) is 3.68. The number of pyridine rings is 1. The van der Waals surface area contributed by atoms with Crippen LogP contribution in [-0.4, -0.2) is 18.1 Å². The first-order valence-corrected chi connectivity index (χ1v) is 9.47. The third-order valence-electron chi connectivity index (χ3n) is 5.15. The zero-order valence-corrected chi connectivity index (χ0v) is 16.7. The van der Waals surface area contributed by atoms with E-state index in [1.165, 1.54) is 19.2 Å². The van der Waals surface area contributed by atoms with E-state index in [1.807, 2.05) is 43.3 Å². The van der Waals surface area contributed by atoms with Crippen LogP contribution in [-0.2, 0) is 11.3 Å². The first-order valence-electron chi connectivity index (χ1n) is 9.47. The van der Waals surface area contributed by atoms with E-state index in [2.05, 4.69) is 19.2 Å². The molecule has 146 valence electrons. The minimum atomic E-state index is -0.373. The summed E-state index contributed by atoms with van der Waals surface area (Å²) in [5, 5.41) is 3.10. The predicted molar refractivity (Wildman–Crippen MR) is 107 cm³/mol. The third kappa shape index (κ3) is 4.04. The van der Waals surface area contributed by atoms with Gasteiger partial charge in [0.15, 0.2) is 0 Å². The smallest absolute Gasteiger partial charge is 0.340 e. The van der Waals surface area contributed by atoms with Crippen molar-refractivity contribution < 1.29 is 19.2 Å². The van der Waals surface area contributed by atoms with Crippen molar-refractivity contribution in [2.24, 2.45) is 5.92 Å². The molecule has 0 amide bonds. The molecule has 0 aliphatic carbocycles. The van der Waals surface area contributed by atoms with Gasteiger partial charge in [0.05, 0.1) is 18.2 Å². The van der Waals surface area contributed by atoms with Crippen LogP contribution in [0.15, 0.2) is 48.5 Å². The van der Waals surface area contributed by atoms with Crippen LogP contribution in [0.25, 0.3) is 10.9 Å². The van der Waals surface area contributed by atoms with E-state index >= 15 is 0 Å². The number of nitrogens with two attached hydrogens (primary N) is 1. The van der Waals surface area contributed by atoms with Crippen LogP contribution >= 0.6 is 0 Å². The minimum Gasteiger partial charge on any atom is -0.465 e. The van der Waals surface area contributed by atoms with Gasteiger partial charge in [0.2, 0.25) is 0 Å². The number of hydrogen-bond acceptors (Lipinski definition) is 3. The summed E-state index contributed by atoms with van der Waals surface area (Å²) in [6.07, 6.45) is 0. The number of hydrogen-bond donors (Lipinski definition) is 1. The van der Waals surface area contributed by atoms with E-state index in [0.717, 1.165) is 22.0 Å². The van der Waals surface area contributed by atoms with Gasteiger partial charge in [-0.15, -0.1) is 0 Å². The highest BCUT2D eigenvalue weighted by Gasteiger charge is 2.24. The summed E-state index contributed by atoms with van der Waals surface area (Å²) in [6, 6.07) is 14.5. The van der Waals surface area contributed by atoms with E-state index in [-0.39, 0.29) is 17.8 Å². The Hall–Kier alpha value is -2.79. The van der Waals surface area contributed by atoms with Crippen molar-refractivity contribution in [2.45, 2.75) is 33.4 Å². The first-order chi connectivity index (χ1) is 13.4. The Balaban J connectivity index is 1.98. The molecule has 0 aliphatic heterocycles. The van der Waals surface area contributed by atoms with Crippen LogP contribution in [0.4, 0.5) is 4.39 Å². The molecule has 28 heavy (non-hydrogen) atoms. The molecule has 0 fully saturated rings. The SMILES string of the molecule is COC(=O)c1c(C[NH2+][C@@H](c2ccc(F)cc2)C(C)C)nc2ccccc2c1C. The van der Waals surface area contributed by atoms with Gasteiger partial charge in [-0.05, 0) is 30.7 Å². The van der Waals surface area contributed by atoms with Crippen LogP contribution < -0.4 is 5.32 Å². The highest BCUT2D eigenvalue weighted by atomic mass is 19.1. The summed E-state index contributed by atoms with van der Waals surface area (Å²) >= 11 is 0. The van der Waals surface area contributed by atoms with E-state index < -0.39 is 0 Å². The van der Waals surface area contributed by atoms with E-state index in [9.17, 15) is 9.18 Å². The average Bonchev–Trinajstić information content (AvgIpc) is 2.69. The Morgan fingerprint density at radius 1 is 1.14 bits per heavy atom. The lowest BCUT2D eigenvalue weighted by Crippen LogP contribution is -2.85. The number of esters is 1. The number of halogens is 1. The Morgan fingerprint density at radius 3 is 2.46 bits per heavy atom. The van der Waals surface area contributed by atoms with Crippen molar-refractivity contribution in [2.75, 3.05) is 7.11 Å². The molecule has 2 aromatic carbocycles. The molecule has 0 saturated heterocycles. The quantitative estimate of drug-likeness (QED) is 0.658. The number of quaternary nitrogens is 1. The molecule has 0 aliphatic rings. The minimum absolute atomic E-state index is 0.125. The molecule has 0 saturated carbocycles. The van der Waals surface area contributed by atoms with Gasteiger partial charge in [-0.1, -0.05) is 44.2 Å². The molecule has 1 aromatic heterocycles. The molecule has 2 N–H and O–H groups in total. The van der Waals surface area contributed by atoms with Crippen LogP contribution in [0.3, 0.4) is 0 Å². The summed E-state index contributed by atoms with van der Waals surface area (Å²) < 4.78 is 18.3. The average molecular weight is 381 g/mol. The maximum atomic E-state index is 13.3. The number of benzene rings is 2. The van der Waals surface area contributed by atoms with E-state index in [4.69, 9.17) is 9.72 Å². The van der Waals surface area contributed by atoms with Gasteiger partial charge in [0.25, 0.3) is 0 Å². The number of nitrogens with zero attached hydrogens (tertiary/aromatic N) is 1. The molecule has 0 spiro atoms. The van der Waals surface area contributed by atoms with Crippen molar-refractivity contribution in [3.8, 4) is 0 Å². The largest absolute Gasteiger partial charge is 0.465 e. The molecule has 3 rings (SSSR count). The van der Waals surface area contributed by atoms with Crippen LogP contribution in [0.1, 0.15) is 47.1 Å². The molecule has 1 atom stereocenters. The predicted octanol–water partition coefficient (Wildman–Crippen LogP) is 3.93. The second kappa shape index (κ2) is 8.48. The van der Waals surface area contributed by atoms with Gasteiger partial charge in [-0.2, -0.15) is 0 Å². The second-order valence-corrected chi connectivity index (χ2v) is 7.33. The zero-order valence-electron chi connectivity index (χ0n) is 16.7. The van der Waals surface area contributed by atoms with Crippen LogP contribution in [0.5, 0.6) is 0 Å². The highest BCUT2D eigenvalue weighted by Crippen LogP contribution is 2.24. The molecule has 3 aromatic rings. The number of methoxy groups -OCH3 is 1. The van der Waals surface area contributed by atoms with Crippen molar-refractivity contribution in [1.29, 1.82) is 0 Å². The maximum absolute atomic E-state index is 13.3. The van der Waals surface area contributed by atoms with Gasteiger partial charge in [-0.3, -0.25) is 0 Å². The number of rotatable bonds is 6. The number of ether oxygens (including phenoxy) is 1. The third-order valence-corrected chi connectivity index (χ3v) is 5.15. The van der Waals surface area contributed by atoms with Gasteiger partial charge in [-0.25, -0.2) is 14.2 Å². The summed E-state index contributed by atoms with van der Waals surface area (Å²) in [6.45, 7) is 6.71. The molecular formula is C23H26FN2O2+. The molecule has 5 heteroatoms. The van der Waals surface area contributed by atoms with E-state index in [1.54, 1.807) is 0 Å². The lowest BCUT2D eigenvalue weighted by Gasteiger charge is -2.20. The summed E-state index contributed by atoms with van der Waals surface area (Å²) in [4.78, 5) is 17.2. The first kappa shape index (κ1) is 20.0. The van der Waals surface area contributed by atoms with Crippen molar-refractivity contribution in [3.05, 3.63) is 76.7 Å².